The van der Waals surface area contributed by atoms with Crippen LogP contribution in [0, 0.1) is 11.3 Å². The first-order valence-electron chi connectivity index (χ1n) is 4.91. The molecule has 78 valence electrons. The number of ketones is 1. The summed E-state index contributed by atoms with van der Waals surface area (Å²) in [6.45, 7) is 11.8. The Balaban J connectivity index is 4.56. The normalized spacial score (nSPS) is 13.5. The molecule has 0 fully saturated rings. The highest BCUT2D eigenvalue weighted by Gasteiger charge is 2.39. The van der Waals surface area contributed by atoms with Gasteiger partial charge in [-0.05, 0) is 19.8 Å². The molecule has 0 unspecified atom stereocenters. The van der Waals surface area contributed by atoms with Crippen LogP contribution in [0.25, 0.3) is 0 Å². The number of Topliss-reactive ketones (excluding diaryl/α,β-unsaturated/α-hetero) is 1. The Morgan fingerprint density at radius 1 is 1.23 bits per heavy atom. The van der Waals surface area contributed by atoms with Crippen LogP contribution < -0.4 is 5.73 Å². The summed E-state index contributed by atoms with van der Waals surface area (Å²) in [5, 5.41) is 0. The maximum Gasteiger partial charge on any atom is 0.140 e. The first kappa shape index (κ1) is 12.6. The molecule has 0 aliphatic heterocycles. The van der Waals surface area contributed by atoms with Crippen LogP contribution in [-0.2, 0) is 4.79 Å². The molecule has 0 aromatic rings. The van der Waals surface area contributed by atoms with Gasteiger partial charge in [0.05, 0.1) is 0 Å². The molecule has 2 nitrogen and oxygen atoms in total. The summed E-state index contributed by atoms with van der Waals surface area (Å²) in [7, 11) is 0. The summed E-state index contributed by atoms with van der Waals surface area (Å²) in [5.41, 5.74) is 5.09. The zero-order valence-electron chi connectivity index (χ0n) is 9.77. The lowest BCUT2D eigenvalue weighted by Crippen LogP contribution is -2.52. The SMILES string of the molecule is CC(C)CC(=O)C(C)(C)C(C)(C)N. The molecule has 0 radical (unpaired) electrons. The van der Waals surface area contributed by atoms with E-state index in [1.807, 2.05) is 27.7 Å². The molecule has 0 heterocycles. The minimum absolute atomic E-state index is 0.259. The lowest BCUT2D eigenvalue weighted by molar-refractivity contribution is -0.130. The second kappa shape index (κ2) is 3.79. The Morgan fingerprint density at radius 2 is 1.62 bits per heavy atom. The molecule has 0 spiro atoms. The molecule has 0 saturated heterocycles. The van der Waals surface area contributed by atoms with Gasteiger partial charge in [-0.15, -0.1) is 0 Å². The highest BCUT2D eigenvalue weighted by Crippen LogP contribution is 2.31. The number of carbonyl (C=O) groups is 1. The molecule has 0 rings (SSSR count). The van der Waals surface area contributed by atoms with Crippen molar-refractivity contribution < 1.29 is 4.79 Å². The fourth-order valence-electron chi connectivity index (χ4n) is 0.985. The van der Waals surface area contributed by atoms with Gasteiger partial charge >= 0.3 is 0 Å². The van der Waals surface area contributed by atoms with Crippen LogP contribution in [0.5, 0.6) is 0 Å². The number of hydrogen-bond donors (Lipinski definition) is 1. The molecule has 13 heavy (non-hydrogen) atoms. The molecule has 0 aliphatic rings. The van der Waals surface area contributed by atoms with Crippen LogP contribution in [0.1, 0.15) is 48.0 Å². The van der Waals surface area contributed by atoms with E-state index in [0.29, 0.717) is 12.3 Å². The average molecular weight is 185 g/mol. The molecule has 0 amide bonds. The zero-order chi connectivity index (χ0) is 10.9. The topological polar surface area (TPSA) is 43.1 Å². The summed E-state index contributed by atoms with van der Waals surface area (Å²) < 4.78 is 0. The standard InChI is InChI=1S/C11H23NO/c1-8(2)7-9(13)10(3,4)11(5,6)12/h8H,7,12H2,1-6H3. The first-order chi connectivity index (χ1) is 5.59. The van der Waals surface area contributed by atoms with Gasteiger partial charge in [-0.25, -0.2) is 0 Å². The van der Waals surface area contributed by atoms with E-state index in [-0.39, 0.29) is 5.78 Å². The van der Waals surface area contributed by atoms with Gasteiger partial charge in [0.25, 0.3) is 0 Å². The van der Waals surface area contributed by atoms with E-state index >= 15 is 0 Å². The van der Waals surface area contributed by atoms with Crippen LogP contribution in [0.2, 0.25) is 0 Å². The quantitative estimate of drug-likeness (QED) is 0.730. The van der Waals surface area contributed by atoms with Crippen LogP contribution in [0.4, 0.5) is 0 Å². The fraction of sp³-hybridized carbons (Fsp3) is 0.909. The van der Waals surface area contributed by atoms with E-state index in [1.54, 1.807) is 0 Å². The van der Waals surface area contributed by atoms with Gasteiger partial charge in [0.15, 0.2) is 0 Å². The summed E-state index contributed by atoms with van der Waals surface area (Å²) in [6.07, 6.45) is 0.619. The molecule has 2 N–H and O–H groups in total. The van der Waals surface area contributed by atoms with Crippen LogP contribution in [-0.4, -0.2) is 11.3 Å². The third kappa shape index (κ3) is 3.11. The predicted molar refractivity (Wildman–Crippen MR) is 56.5 cm³/mol. The molecule has 0 aromatic carbocycles. The average Bonchev–Trinajstić information content (AvgIpc) is 1.82. The van der Waals surface area contributed by atoms with Crippen molar-refractivity contribution in [2.45, 2.75) is 53.5 Å². The second-order valence-electron chi connectivity index (χ2n) is 5.37. The van der Waals surface area contributed by atoms with Gasteiger partial charge in [-0.1, -0.05) is 27.7 Å². The highest BCUT2D eigenvalue weighted by molar-refractivity contribution is 5.85. The van der Waals surface area contributed by atoms with Gasteiger partial charge < -0.3 is 5.73 Å². The van der Waals surface area contributed by atoms with Gasteiger partial charge in [0, 0.05) is 17.4 Å². The Hall–Kier alpha value is -0.370. The van der Waals surface area contributed by atoms with Gasteiger partial charge in [-0.2, -0.15) is 0 Å². The lowest BCUT2D eigenvalue weighted by atomic mass is 9.70. The van der Waals surface area contributed by atoms with Crippen molar-refractivity contribution in [1.29, 1.82) is 0 Å². The maximum atomic E-state index is 11.8. The van der Waals surface area contributed by atoms with E-state index in [1.165, 1.54) is 0 Å². The third-order valence-electron chi connectivity index (χ3n) is 2.90. The van der Waals surface area contributed by atoms with E-state index in [4.69, 9.17) is 5.73 Å². The molecular weight excluding hydrogens is 162 g/mol. The Labute approximate surface area is 81.9 Å². The monoisotopic (exact) mass is 185 g/mol. The van der Waals surface area contributed by atoms with Crippen molar-refractivity contribution >= 4 is 5.78 Å². The van der Waals surface area contributed by atoms with Crippen molar-refractivity contribution in [3.05, 3.63) is 0 Å². The molecule has 0 aromatic heterocycles. The van der Waals surface area contributed by atoms with E-state index in [2.05, 4.69) is 13.8 Å². The number of rotatable bonds is 4. The molecule has 0 atom stereocenters. The Morgan fingerprint density at radius 3 is 1.85 bits per heavy atom. The second-order valence-corrected chi connectivity index (χ2v) is 5.37. The van der Waals surface area contributed by atoms with Crippen molar-refractivity contribution in [1.82, 2.24) is 0 Å². The summed E-state index contributed by atoms with van der Waals surface area (Å²) >= 11 is 0. The summed E-state index contributed by atoms with van der Waals surface area (Å²) in [6, 6.07) is 0. The Bertz CT molecular complexity index is 187. The zero-order valence-corrected chi connectivity index (χ0v) is 9.77. The molecule has 0 bridgehead atoms. The van der Waals surface area contributed by atoms with Crippen molar-refractivity contribution in [3.8, 4) is 0 Å². The van der Waals surface area contributed by atoms with E-state index < -0.39 is 11.0 Å². The fourth-order valence-corrected chi connectivity index (χ4v) is 0.985. The van der Waals surface area contributed by atoms with Crippen molar-refractivity contribution in [2.75, 3.05) is 0 Å². The molecule has 0 aliphatic carbocycles. The minimum atomic E-state index is -0.445. The molecule has 0 saturated carbocycles. The predicted octanol–water partition coefficient (Wildman–Crippen LogP) is 2.37. The summed E-state index contributed by atoms with van der Waals surface area (Å²) in [4.78, 5) is 11.8. The van der Waals surface area contributed by atoms with Crippen molar-refractivity contribution in [3.63, 3.8) is 0 Å². The third-order valence-corrected chi connectivity index (χ3v) is 2.90. The van der Waals surface area contributed by atoms with E-state index in [0.717, 1.165) is 0 Å². The highest BCUT2D eigenvalue weighted by atomic mass is 16.1. The Kier molecular flexibility index (Phi) is 3.68. The first-order valence-corrected chi connectivity index (χ1v) is 4.91. The van der Waals surface area contributed by atoms with Crippen LogP contribution >= 0.6 is 0 Å². The minimum Gasteiger partial charge on any atom is -0.325 e. The van der Waals surface area contributed by atoms with Gasteiger partial charge in [0.1, 0.15) is 5.78 Å². The molecular formula is C11H23NO. The van der Waals surface area contributed by atoms with Crippen molar-refractivity contribution in [2.24, 2.45) is 17.1 Å². The summed E-state index contributed by atoms with van der Waals surface area (Å²) in [5.74, 6) is 0.670. The largest absolute Gasteiger partial charge is 0.325 e. The van der Waals surface area contributed by atoms with Gasteiger partial charge in [0.2, 0.25) is 0 Å². The lowest BCUT2D eigenvalue weighted by Gasteiger charge is -2.37. The van der Waals surface area contributed by atoms with Gasteiger partial charge in [-0.3, -0.25) is 4.79 Å². The smallest absolute Gasteiger partial charge is 0.140 e. The van der Waals surface area contributed by atoms with Crippen LogP contribution in [0.15, 0.2) is 0 Å². The number of carbonyl (C=O) groups excluding carboxylic acids is 1. The number of nitrogens with two attached hydrogens (primary N) is 1. The number of hydrogen-bond acceptors (Lipinski definition) is 2. The van der Waals surface area contributed by atoms with E-state index in [9.17, 15) is 4.79 Å². The molecule has 2 heteroatoms. The maximum absolute atomic E-state index is 11.8. The van der Waals surface area contributed by atoms with Crippen LogP contribution in [0.3, 0.4) is 0 Å².